The van der Waals surface area contributed by atoms with Gasteiger partial charge in [-0.2, -0.15) is 0 Å². The van der Waals surface area contributed by atoms with E-state index in [1.165, 1.54) is 0 Å². The van der Waals surface area contributed by atoms with Gasteiger partial charge < -0.3 is 14.8 Å². The lowest BCUT2D eigenvalue weighted by Crippen LogP contribution is -2.32. The van der Waals surface area contributed by atoms with Crippen LogP contribution in [0.1, 0.15) is 35.5 Å². The van der Waals surface area contributed by atoms with Crippen molar-refractivity contribution in [2.45, 2.75) is 32.3 Å². The second-order valence-corrected chi connectivity index (χ2v) is 5.68. The summed E-state index contributed by atoms with van der Waals surface area (Å²) in [7, 11) is 0. The Morgan fingerprint density at radius 2 is 2.27 bits per heavy atom. The highest BCUT2D eigenvalue weighted by Crippen LogP contribution is 2.25. The van der Waals surface area contributed by atoms with E-state index in [0.717, 1.165) is 19.3 Å². The summed E-state index contributed by atoms with van der Waals surface area (Å²) in [5, 5.41) is 20.4. The van der Waals surface area contributed by atoms with Crippen molar-refractivity contribution >= 4 is 5.91 Å². The van der Waals surface area contributed by atoms with Crippen LogP contribution in [0.15, 0.2) is 28.7 Å². The minimum Gasteiger partial charge on any atom is -0.421 e. The molecule has 2 N–H and O–H groups in total. The first-order valence-corrected chi connectivity index (χ1v) is 7.50. The summed E-state index contributed by atoms with van der Waals surface area (Å²) in [6.07, 6.45) is 2.51. The van der Waals surface area contributed by atoms with Crippen molar-refractivity contribution in [1.29, 1.82) is 0 Å². The van der Waals surface area contributed by atoms with Gasteiger partial charge in [-0.15, -0.1) is 10.2 Å². The summed E-state index contributed by atoms with van der Waals surface area (Å²) in [5.74, 6) is 0.890. The van der Waals surface area contributed by atoms with Gasteiger partial charge in [-0.05, 0) is 31.0 Å². The van der Waals surface area contributed by atoms with Gasteiger partial charge in [-0.25, -0.2) is 0 Å². The van der Waals surface area contributed by atoms with Gasteiger partial charge >= 0.3 is 0 Å². The summed E-state index contributed by atoms with van der Waals surface area (Å²) in [5.41, 5.74) is 1.26. The number of nitrogens with zero attached hydrogens (tertiary/aromatic N) is 2. The molecule has 0 bridgehead atoms. The van der Waals surface area contributed by atoms with Crippen LogP contribution in [-0.2, 0) is 0 Å². The van der Waals surface area contributed by atoms with Gasteiger partial charge in [0.2, 0.25) is 11.8 Å². The fraction of sp³-hybridized carbons (Fsp3) is 0.438. The molecule has 1 aromatic carbocycles. The molecule has 1 saturated carbocycles. The molecule has 22 heavy (non-hydrogen) atoms. The van der Waals surface area contributed by atoms with E-state index < -0.39 is 0 Å². The molecule has 0 aliphatic heterocycles. The molecule has 2 unspecified atom stereocenters. The normalized spacial score (nSPS) is 21.0. The number of aliphatic hydroxyl groups excluding tert-OH is 1. The lowest BCUT2D eigenvalue weighted by molar-refractivity contribution is 0.0917. The number of hydrogen-bond acceptors (Lipinski definition) is 5. The van der Waals surface area contributed by atoms with Gasteiger partial charge in [0.05, 0.1) is 6.10 Å². The number of aliphatic hydroxyl groups is 1. The van der Waals surface area contributed by atoms with E-state index in [1.54, 1.807) is 25.1 Å². The highest BCUT2D eigenvalue weighted by atomic mass is 16.4. The molecule has 1 fully saturated rings. The number of aryl methyl sites for hydroxylation is 1. The van der Waals surface area contributed by atoms with E-state index in [0.29, 0.717) is 29.5 Å². The Morgan fingerprint density at radius 1 is 1.41 bits per heavy atom. The van der Waals surface area contributed by atoms with E-state index in [1.807, 2.05) is 6.07 Å². The lowest BCUT2D eigenvalue weighted by Gasteiger charge is -2.15. The quantitative estimate of drug-likeness (QED) is 0.901. The van der Waals surface area contributed by atoms with Crippen molar-refractivity contribution in [1.82, 2.24) is 15.5 Å². The molecule has 0 radical (unpaired) electrons. The SMILES string of the molecule is Cc1nnc(-c2cccc(C(=O)NCC3CCCC3O)c2)o1. The van der Waals surface area contributed by atoms with E-state index in [4.69, 9.17) is 4.42 Å². The summed E-state index contributed by atoms with van der Waals surface area (Å²) < 4.78 is 5.37. The molecule has 0 saturated heterocycles. The zero-order valence-corrected chi connectivity index (χ0v) is 12.5. The first-order valence-electron chi connectivity index (χ1n) is 7.50. The molecule has 0 spiro atoms. The second kappa shape index (κ2) is 6.27. The number of carbonyl (C=O) groups excluding carboxylic acids is 1. The van der Waals surface area contributed by atoms with Crippen molar-refractivity contribution in [3.8, 4) is 11.5 Å². The van der Waals surface area contributed by atoms with Gasteiger partial charge in [-0.3, -0.25) is 4.79 Å². The van der Waals surface area contributed by atoms with E-state index >= 15 is 0 Å². The summed E-state index contributed by atoms with van der Waals surface area (Å²) in [6, 6.07) is 7.08. The number of aromatic nitrogens is 2. The van der Waals surface area contributed by atoms with Crippen molar-refractivity contribution in [3.63, 3.8) is 0 Å². The minimum atomic E-state index is -0.298. The van der Waals surface area contributed by atoms with Crippen LogP contribution in [0.5, 0.6) is 0 Å². The molecule has 1 heterocycles. The average Bonchev–Trinajstić information content (AvgIpc) is 3.13. The summed E-state index contributed by atoms with van der Waals surface area (Å²) >= 11 is 0. The Morgan fingerprint density at radius 3 is 2.95 bits per heavy atom. The van der Waals surface area contributed by atoms with Crippen LogP contribution in [0, 0.1) is 12.8 Å². The van der Waals surface area contributed by atoms with Crippen molar-refractivity contribution in [2.75, 3.05) is 6.54 Å². The van der Waals surface area contributed by atoms with Crippen molar-refractivity contribution < 1.29 is 14.3 Å². The lowest BCUT2D eigenvalue weighted by atomic mass is 10.1. The highest BCUT2D eigenvalue weighted by Gasteiger charge is 2.25. The largest absolute Gasteiger partial charge is 0.421 e. The molecule has 6 nitrogen and oxygen atoms in total. The fourth-order valence-electron chi connectivity index (χ4n) is 2.79. The third-order valence-corrected chi connectivity index (χ3v) is 4.04. The Kier molecular flexibility index (Phi) is 4.20. The maximum atomic E-state index is 12.2. The summed E-state index contributed by atoms with van der Waals surface area (Å²) in [4.78, 5) is 12.2. The number of nitrogens with one attached hydrogen (secondary N) is 1. The van der Waals surface area contributed by atoms with Crippen LogP contribution in [0.2, 0.25) is 0 Å². The zero-order valence-electron chi connectivity index (χ0n) is 12.5. The number of benzene rings is 1. The van der Waals surface area contributed by atoms with Gasteiger partial charge in [0.1, 0.15) is 0 Å². The Hall–Kier alpha value is -2.21. The standard InChI is InChI=1S/C16H19N3O3/c1-10-18-19-16(22-10)12-5-2-4-11(8-12)15(21)17-9-13-6-3-7-14(13)20/h2,4-5,8,13-14,20H,3,6-7,9H2,1H3,(H,17,21). The number of rotatable bonds is 4. The Balaban J connectivity index is 1.67. The maximum Gasteiger partial charge on any atom is 0.251 e. The molecule has 1 amide bonds. The average molecular weight is 301 g/mol. The molecular formula is C16H19N3O3. The first-order chi connectivity index (χ1) is 10.6. The maximum absolute atomic E-state index is 12.2. The molecule has 1 aromatic heterocycles. The minimum absolute atomic E-state index is 0.155. The second-order valence-electron chi connectivity index (χ2n) is 5.68. The van der Waals surface area contributed by atoms with Crippen LogP contribution in [0.3, 0.4) is 0 Å². The van der Waals surface area contributed by atoms with Crippen LogP contribution >= 0.6 is 0 Å². The summed E-state index contributed by atoms with van der Waals surface area (Å²) in [6.45, 7) is 2.23. The van der Waals surface area contributed by atoms with E-state index in [-0.39, 0.29) is 17.9 Å². The predicted octanol–water partition coefficient (Wildman–Crippen LogP) is 1.94. The first kappa shape index (κ1) is 14.7. The third kappa shape index (κ3) is 3.17. The Labute approximate surface area is 128 Å². The van der Waals surface area contributed by atoms with Crippen LogP contribution in [0.4, 0.5) is 0 Å². The molecule has 3 rings (SSSR count). The Bertz CT molecular complexity index is 668. The predicted molar refractivity (Wildman–Crippen MR) is 80.2 cm³/mol. The van der Waals surface area contributed by atoms with Gasteiger partial charge in [-0.1, -0.05) is 12.5 Å². The van der Waals surface area contributed by atoms with Gasteiger partial charge in [0.25, 0.3) is 5.91 Å². The van der Waals surface area contributed by atoms with Gasteiger partial charge in [0, 0.05) is 30.5 Å². The zero-order chi connectivity index (χ0) is 15.5. The van der Waals surface area contributed by atoms with Crippen molar-refractivity contribution in [3.05, 3.63) is 35.7 Å². The molecule has 6 heteroatoms. The number of carbonyl (C=O) groups is 1. The van der Waals surface area contributed by atoms with E-state index in [9.17, 15) is 9.90 Å². The molecule has 1 aliphatic carbocycles. The highest BCUT2D eigenvalue weighted by molar-refractivity contribution is 5.95. The molecule has 1 aliphatic rings. The molecular weight excluding hydrogens is 282 g/mol. The van der Waals surface area contributed by atoms with Crippen LogP contribution in [0.25, 0.3) is 11.5 Å². The monoisotopic (exact) mass is 301 g/mol. The smallest absolute Gasteiger partial charge is 0.251 e. The van der Waals surface area contributed by atoms with Crippen LogP contribution in [-0.4, -0.2) is 33.9 Å². The molecule has 2 aromatic rings. The third-order valence-electron chi connectivity index (χ3n) is 4.04. The van der Waals surface area contributed by atoms with Crippen molar-refractivity contribution in [2.24, 2.45) is 5.92 Å². The molecule has 2 atom stereocenters. The molecule has 116 valence electrons. The number of hydrogen-bond donors (Lipinski definition) is 2. The number of amides is 1. The van der Waals surface area contributed by atoms with Crippen LogP contribution < -0.4 is 5.32 Å². The van der Waals surface area contributed by atoms with E-state index in [2.05, 4.69) is 15.5 Å². The fourth-order valence-corrected chi connectivity index (χ4v) is 2.79. The topological polar surface area (TPSA) is 88.2 Å². The van der Waals surface area contributed by atoms with Gasteiger partial charge in [0.15, 0.2) is 0 Å².